The zero-order chi connectivity index (χ0) is 13.2. The lowest BCUT2D eigenvalue weighted by atomic mass is 10.2. The fraction of sp³-hybridized carbons (Fsp3) is 0.467. The number of hydrogen-bond acceptors (Lipinski definition) is 2. The lowest BCUT2D eigenvalue weighted by Crippen LogP contribution is -2.43. The van der Waals surface area contributed by atoms with Crippen molar-refractivity contribution in [1.82, 2.24) is 9.47 Å². The van der Waals surface area contributed by atoms with Crippen LogP contribution >= 0.6 is 11.6 Å². The highest BCUT2D eigenvalue weighted by atomic mass is 35.5. The van der Waals surface area contributed by atoms with Gasteiger partial charge in [-0.25, -0.2) is 0 Å². The number of ether oxygens (including phenoxy) is 1. The molecule has 0 saturated carbocycles. The van der Waals surface area contributed by atoms with Crippen LogP contribution in [0.5, 0.6) is 0 Å². The van der Waals surface area contributed by atoms with Crippen LogP contribution in [-0.2, 0) is 11.3 Å². The first-order chi connectivity index (χ1) is 9.26. The van der Waals surface area contributed by atoms with Crippen molar-refractivity contribution >= 4 is 22.5 Å². The summed E-state index contributed by atoms with van der Waals surface area (Å²) in [5.41, 5.74) is 1.18. The van der Waals surface area contributed by atoms with Crippen LogP contribution in [0.25, 0.3) is 10.9 Å². The van der Waals surface area contributed by atoms with Crippen molar-refractivity contribution < 1.29 is 4.74 Å². The molecule has 1 aromatic carbocycles. The molecule has 2 heterocycles. The van der Waals surface area contributed by atoms with Crippen LogP contribution in [0.15, 0.2) is 30.5 Å². The van der Waals surface area contributed by atoms with Crippen LogP contribution in [0, 0.1) is 0 Å². The van der Waals surface area contributed by atoms with Gasteiger partial charge in [-0.05, 0) is 30.1 Å². The quantitative estimate of drug-likeness (QED) is 0.859. The maximum absolute atomic E-state index is 6.08. The van der Waals surface area contributed by atoms with Crippen molar-refractivity contribution in [3.8, 4) is 0 Å². The minimum absolute atomic E-state index is 0.267. The summed E-state index contributed by atoms with van der Waals surface area (Å²) in [6.07, 6.45) is 2.39. The molecular formula is C15H19ClN2O. The molecule has 1 aromatic heterocycles. The third kappa shape index (κ3) is 2.78. The topological polar surface area (TPSA) is 17.4 Å². The SMILES string of the molecule is CCN1CCOC(Cn2ccc3ccc(Cl)cc32)C1. The van der Waals surface area contributed by atoms with Crippen molar-refractivity contribution in [2.45, 2.75) is 19.6 Å². The summed E-state index contributed by atoms with van der Waals surface area (Å²) in [6.45, 7) is 7.08. The molecule has 0 amide bonds. The number of nitrogens with zero attached hydrogens (tertiary/aromatic N) is 2. The van der Waals surface area contributed by atoms with Gasteiger partial charge < -0.3 is 9.30 Å². The predicted molar refractivity (Wildman–Crippen MR) is 78.8 cm³/mol. The van der Waals surface area contributed by atoms with Gasteiger partial charge in [0.2, 0.25) is 0 Å². The second-order valence-electron chi connectivity index (χ2n) is 5.06. The van der Waals surface area contributed by atoms with E-state index in [9.17, 15) is 0 Å². The molecule has 3 nitrogen and oxygen atoms in total. The maximum Gasteiger partial charge on any atom is 0.0881 e. The maximum atomic E-state index is 6.08. The highest BCUT2D eigenvalue weighted by Gasteiger charge is 2.19. The summed E-state index contributed by atoms with van der Waals surface area (Å²) < 4.78 is 8.11. The molecule has 4 heteroatoms. The van der Waals surface area contributed by atoms with E-state index in [2.05, 4.69) is 34.7 Å². The molecule has 0 spiro atoms. The first-order valence-electron chi connectivity index (χ1n) is 6.84. The molecule has 1 saturated heterocycles. The first-order valence-corrected chi connectivity index (χ1v) is 7.22. The van der Waals surface area contributed by atoms with Crippen LogP contribution in [0.2, 0.25) is 5.02 Å². The normalized spacial score (nSPS) is 21.1. The van der Waals surface area contributed by atoms with E-state index >= 15 is 0 Å². The number of likely N-dealkylation sites (N-methyl/N-ethyl adjacent to an activating group) is 1. The van der Waals surface area contributed by atoms with E-state index in [-0.39, 0.29) is 6.10 Å². The average molecular weight is 279 g/mol. The van der Waals surface area contributed by atoms with Crippen molar-refractivity contribution in [3.63, 3.8) is 0 Å². The van der Waals surface area contributed by atoms with Gasteiger partial charge in [0.1, 0.15) is 0 Å². The second-order valence-corrected chi connectivity index (χ2v) is 5.49. The molecule has 1 atom stereocenters. The third-order valence-corrected chi connectivity index (χ3v) is 4.04. The van der Waals surface area contributed by atoms with Gasteiger partial charge in [0.25, 0.3) is 0 Å². The van der Waals surface area contributed by atoms with Gasteiger partial charge in [0.15, 0.2) is 0 Å². The van der Waals surface area contributed by atoms with E-state index in [4.69, 9.17) is 16.3 Å². The van der Waals surface area contributed by atoms with Gasteiger partial charge in [0.05, 0.1) is 19.3 Å². The molecule has 0 bridgehead atoms. The van der Waals surface area contributed by atoms with E-state index in [1.54, 1.807) is 0 Å². The standard InChI is InChI=1S/C15H19ClN2O/c1-2-17-7-8-19-14(10-17)11-18-6-5-12-3-4-13(16)9-15(12)18/h3-6,9,14H,2,7-8,10-11H2,1H3. The van der Waals surface area contributed by atoms with Gasteiger partial charge in [-0.15, -0.1) is 0 Å². The van der Waals surface area contributed by atoms with E-state index in [0.717, 1.165) is 37.8 Å². The Kier molecular flexibility index (Phi) is 3.78. The number of rotatable bonds is 3. The number of benzene rings is 1. The summed E-state index contributed by atoms with van der Waals surface area (Å²) in [6, 6.07) is 8.15. The highest BCUT2D eigenvalue weighted by Crippen LogP contribution is 2.21. The molecule has 0 aliphatic carbocycles. The fourth-order valence-electron chi connectivity index (χ4n) is 2.71. The molecule has 19 heavy (non-hydrogen) atoms. The largest absolute Gasteiger partial charge is 0.374 e. The minimum atomic E-state index is 0.267. The summed E-state index contributed by atoms with van der Waals surface area (Å²) in [5, 5.41) is 2.01. The van der Waals surface area contributed by atoms with Gasteiger partial charge in [-0.1, -0.05) is 24.6 Å². The van der Waals surface area contributed by atoms with Crippen molar-refractivity contribution in [3.05, 3.63) is 35.5 Å². The molecular weight excluding hydrogens is 260 g/mol. The zero-order valence-electron chi connectivity index (χ0n) is 11.2. The van der Waals surface area contributed by atoms with Crippen LogP contribution < -0.4 is 0 Å². The monoisotopic (exact) mass is 278 g/mol. The Labute approximate surface area is 118 Å². The summed E-state index contributed by atoms with van der Waals surface area (Å²) in [4.78, 5) is 2.44. The highest BCUT2D eigenvalue weighted by molar-refractivity contribution is 6.31. The van der Waals surface area contributed by atoms with Crippen LogP contribution in [0.3, 0.4) is 0 Å². The van der Waals surface area contributed by atoms with Gasteiger partial charge >= 0.3 is 0 Å². The average Bonchev–Trinajstić information content (AvgIpc) is 2.81. The molecule has 0 radical (unpaired) electrons. The summed E-state index contributed by atoms with van der Waals surface area (Å²) >= 11 is 6.08. The van der Waals surface area contributed by atoms with Crippen molar-refractivity contribution in [2.75, 3.05) is 26.2 Å². The molecule has 2 aromatic rings. The van der Waals surface area contributed by atoms with Crippen LogP contribution in [-0.4, -0.2) is 41.8 Å². The minimum Gasteiger partial charge on any atom is -0.374 e. The number of fused-ring (bicyclic) bond motifs is 1. The Hall–Kier alpha value is -1.03. The van der Waals surface area contributed by atoms with Gasteiger partial charge in [-0.2, -0.15) is 0 Å². The van der Waals surface area contributed by atoms with Gasteiger partial charge in [0, 0.05) is 29.8 Å². The van der Waals surface area contributed by atoms with Gasteiger partial charge in [-0.3, -0.25) is 4.90 Å². The van der Waals surface area contributed by atoms with E-state index in [1.807, 2.05) is 12.1 Å². The molecule has 1 unspecified atom stereocenters. The first kappa shape index (κ1) is 13.0. The molecule has 0 N–H and O–H groups in total. The van der Waals surface area contributed by atoms with Crippen molar-refractivity contribution in [2.24, 2.45) is 0 Å². The molecule has 102 valence electrons. The molecule has 1 fully saturated rings. The number of morpholine rings is 1. The summed E-state index contributed by atoms with van der Waals surface area (Å²) in [5.74, 6) is 0. The molecule has 3 rings (SSSR count). The second kappa shape index (κ2) is 5.53. The Morgan fingerprint density at radius 2 is 2.26 bits per heavy atom. The zero-order valence-corrected chi connectivity index (χ0v) is 11.9. The summed E-state index contributed by atoms with van der Waals surface area (Å²) in [7, 11) is 0. The predicted octanol–water partition coefficient (Wildman–Crippen LogP) is 3.02. The fourth-order valence-corrected chi connectivity index (χ4v) is 2.88. The van der Waals surface area contributed by atoms with Crippen LogP contribution in [0.4, 0.5) is 0 Å². The Morgan fingerprint density at radius 3 is 3.11 bits per heavy atom. The van der Waals surface area contributed by atoms with E-state index in [1.165, 1.54) is 10.9 Å². The third-order valence-electron chi connectivity index (χ3n) is 3.81. The number of aromatic nitrogens is 1. The Balaban J connectivity index is 1.79. The van der Waals surface area contributed by atoms with E-state index < -0.39 is 0 Å². The van der Waals surface area contributed by atoms with Crippen molar-refractivity contribution in [1.29, 1.82) is 0 Å². The Bertz CT molecular complexity index is 566. The molecule has 1 aliphatic rings. The smallest absolute Gasteiger partial charge is 0.0881 e. The lowest BCUT2D eigenvalue weighted by molar-refractivity contribution is -0.0337. The van der Waals surface area contributed by atoms with Crippen LogP contribution in [0.1, 0.15) is 6.92 Å². The number of halogens is 1. The Morgan fingerprint density at radius 1 is 1.37 bits per heavy atom. The number of hydrogen-bond donors (Lipinski definition) is 0. The lowest BCUT2D eigenvalue weighted by Gasteiger charge is -2.32. The van der Waals surface area contributed by atoms with E-state index in [0.29, 0.717) is 0 Å². The molecule has 1 aliphatic heterocycles.